The number of hydrogen-bond acceptors (Lipinski definition) is 0. The van der Waals surface area contributed by atoms with E-state index >= 15 is 0 Å². The summed E-state index contributed by atoms with van der Waals surface area (Å²) in [6.45, 7) is 0. The molecule has 0 amide bonds. The molecule has 0 saturated heterocycles. The van der Waals surface area contributed by atoms with Gasteiger partial charge in [-0.15, -0.1) is 0 Å². The van der Waals surface area contributed by atoms with Gasteiger partial charge in [0.25, 0.3) is 0 Å². The Balaban J connectivity index is 1.52. The van der Waals surface area contributed by atoms with Crippen molar-refractivity contribution in [3.8, 4) is 23.7 Å². The van der Waals surface area contributed by atoms with Gasteiger partial charge in [0.15, 0.2) is 0 Å². The van der Waals surface area contributed by atoms with Crippen LogP contribution in [0, 0.1) is 23.7 Å². The zero-order valence-electron chi connectivity index (χ0n) is 12.4. The second-order valence-electron chi connectivity index (χ2n) is 4.48. The maximum atomic E-state index is 3.27. The molecule has 2 heteroatoms. The van der Waals surface area contributed by atoms with Crippen LogP contribution in [0.3, 0.4) is 0 Å². The van der Waals surface area contributed by atoms with Crippen molar-refractivity contribution in [3.63, 3.8) is 0 Å². The van der Waals surface area contributed by atoms with Crippen LogP contribution in [0.2, 0.25) is 10.6 Å². The topological polar surface area (TPSA) is 0 Å². The number of benzene rings is 2. The predicted molar refractivity (Wildman–Crippen MR) is 97.0 cm³/mol. The predicted octanol–water partition coefficient (Wildman–Crippen LogP) is 4.03. The Bertz CT molecular complexity index is 593. The quantitative estimate of drug-likeness (QED) is 0.392. The van der Waals surface area contributed by atoms with E-state index in [1.165, 1.54) is 10.6 Å². The molecule has 0 heterocycles. The molecule has 0 unspecified atom stereocenters. The summed E-state index contributed by atoms with van der Waals surface area (Å²) in [6, 6.07) is 20.4. The molecule has 0 nitrogen and oxygen atoms in total. The van der Waals surface area contributed by atoms with Crippen LogP contribution in [0.1, 0.15) is 24.0 Å². The summed E-state index contributed by atoms with van der Waals surface area (Å²) in [7, 11) is 0. The fourth-order valence-electron chi connectivity index (χ4n) is 1.68. The Morgan fingerprint density at radius 3 is 1.41 bits per heavy atom. The van der Waals surface area contributed by atoms with E-state index in [-0.39, 0.29) is 0 Å². The van der Waals surface area contributed by atoms with Crippen molar-refractivity contribution in [2.75, 3.05) is 0 Å². The third-order valence-electron chi connectivity index (χ3n) is 2.72. The van der Waals surface area contributed by atoms with Crippen LogP contribution in [0.5, 0.6) is 0 Å². The molecule has 2 rings (SSSR count). The van der Waals surface area contributed by atoms with Crippen LogP contribution in [0.4, 0.5) is 0 Å². The second kappa shape index (κ2) is 11.2. The molecule has 0 radical (unpaired) electrons. The second-order valence-corrected chi connectivity index (χ2v) is 12.3. The van der Waals surface area contributed by atoms with Gasteiger partial charge in [0.05, 0.1) is 0 Å². The number of hydrogen-bond donors (Lipinski definition) is 0. The SMILES string of the molecule is C(#Cc1ccccc1)CC[Se][Se]CCC#Cc1ccccc1. The zero-order valence-corrected chi connectivity index (χ0v) is 15.8. The van der Waals surface area contributed by atoms with Gasteiger partial charge in [-0.25, -0.2) is 0 Å². The third kappa shape index (κ3) is 7.56. The van der Waals surface area contributed by atoms with Crippen LogP contribution in [0.15, 0.2) is 60.7 Å². The molecule has 0 bridgehead atoms. The molecule has 2 aromatic rings. The van der Waals surface area contributed by atoms with Gasteiger partial charge in [0, 0.05) is 0 Å². The van der Waals surface area contributed by atoms with Gasteiger partial charge in [-0.05, 0) is 0 Å². The molecule has 0 aliphatic heterocycles. The standard InChI is InChI=1S/C20H18Se2/c1-3-11-19(12-4-1)15-7-9-17-21-22-18-10-8-16-20-13-5-2-6-14-20/h1-6,11-14H,9-10,17-18H2. The molecular formula is C20H18Se2. The van der Waals surface area contributed by atoms with Crippen molar-refractivity contribution in [1.82, 2.24) is 0 Å². The summed E-state index contributed by atoms with van der Waals surface area (Å²) < 4.78 is 0. The normalized spacial score (nSPS) is 9.27. The average molecular weight is 416 g/mol. The Hall–Kier alpha value is -1.40. The minimum atomic E-state index is 0.771. The first kappa shape index (κ1) is 17.0. The summed E-state index contributed by atoms with van der Waals surface area (Å²) in [5.41, 5.74) is 2.24. The Labute approximate surface area is 145 Å². The molecule has 0 aliphatic carbocycles. The Morgan fingerprint density at radius 2 is 1.00 bits per heavy atom. The van der Waals surface area contributed by atoms with Crippen molar-refractivity contribution in [2.45, 2.75) is 23.5 Å². The van der Waals surface area contributed by atoms with Gasteiger partial charge < -0.3 is 0 Å². The molecule has 22 heavy (non-hydrogen) atoms. The molecule has 0 aliphatic rings. The van der Waals surface area contributed by atoms with E-state index in [0.717, 1.165) is 50.2 Å². The fraction of sp³-hybridized carbons (Fsp3) is 0.200. The summed E-state index contributed by atoms with van der Waals surface area (Å²) in [6.07, 6.45) is 2.07. The van der Waals surface area contributed by atoms with Gasteiger partial charge in [-0.1, -0.05) is 0 Å². The third-order valence-corrected chi connectivity index (χ3v) is 10.1. The first-order valence-electron chi connectivity index (χ1n) is 7.27. The van der Waals surface area contributed by atoms with Crippen molar-refractivity contribution in [1.29, 1.82) is 0 Å². The van der Waals surface area contributed by atoms with Crippen molar-refractivity contribution >= 4 is 26.3 Å². The zero-order chi connectivity index (χ0) is 15.3. The van der Waals surface area contributed by atoms with E-state index in [1.807, 2.05) is 36.4 Å². The van der Waals surface area contributed by atoms with E-state index in [4.69, 9.17) is 0 Å². The molecular weight excluding hydrogens is 398 g/mol. The van der Waals surface area contributed by atoms with Crippen molar-refractivity contribution in [3.05, 3.63) is 71.8 Å². The fourth-order valence-corrected chi connectivity index (χ4v) is 7.33. The van der Waals surface area contributed by atoms with E-state index in [2.05, 4.69) is 47.9 Å². The van der Waals surface area contributed by atoms with Gasteiger partial charge in [-0.3, -0.25) is 0 Å². The molecule has 0 spiro atoms. The van der Waals surface area contributed by atoms with Crippen molar-refractivity contribution in [2.24, 2.45) is 0 Å². The van der Waals surface area contributed by atoms with Crippen LogP contribution in [-0.2, 0) is 0 Å². The molecule has 0 aromatic heterocycles. The van der Waals surface area contributed by atoms with Gasteiger partial charge in [-0.2, -0.15) is 0 Å². The molecule has 0 fully saturated rings. The van der Waals surface area contributed by atoms with Gasteiger partial charge in [0.1, 0.15) is 0 Å². The monoisotopic (exact) mass is 418 g/mol. The summed E-state index contributed by atoms with van der Waals surface area (Å²) in [5.74, 6) is 13.0. The number of rotatable bonds is 5. The first-order valence-corrected chi connectivity index (χ1v) is 14.0. The Kier molecular flexibility index (Phi) is 8.64. The molecule has 0 saturated carbocycles. The van der Waals surface area contributed by atoms with E-state index in [1.54, 1.807) is 0 Å². The van der Waals surface area contributed by atoms with Crippen LogP contribution in [0.25, 0.3) is 0 Å². The summed E-state index contributed by atoms with van der Waals surface area (Å²) in [5, 5.41) is 2.55. The van der Waals surface area contributed by atoms with Crippen LogP contribution >= 0.6 is 0 Å². The van der Waals surface area contributed by atoms with Gasteiger partial charge >= 0.3 is 145 Å². The van der Waals surface area contributed by atoms with E-state index in [9.17, 15) is 0 Å². The van der Waals surface area contributed by atoms with Crippen LogP contribution < -0.4 is 0 Å². The summed E-state index contributed by atoms with van der Waals surface area (Å²) in [4.78, 5) is 0. The molecule has 2 aromatic carbocycles. The first-order chi connectivity index (χ1) is 10.9. The van der Waals surface area contributed by atoms with Gasteiger partial charge in [0.2, 0.25) is 0 Å². The van der Waals surface area contributed by atoms with E-state index < -0.39 is 0 Å². The Morgan fingerprint density at radius 1 is 0.591 bits per heavy atom. The molecule has 110 valence electrons. The maximum absolute atomic E-state index is 3.27. The average Bonchev–Trinajstić information content (AvgIpc) is 2.58. The van der Waals surface area contributed by atoms with Crippen molar-refractivity contribution < 1.29 is 0 Å². The molecule has 0 atom stereocenters. The molecule has 0 N–H and O–H groups in total. The van der Waals surface area contributed by atoms with Crippen LogP contribution in [-0.4, -0.2) is 26.3 Å². The van der Waals surface area contributed by atoms with E-state index in [0.29, 0.717) is 0 Å². The minimum absolute atomic E-state index is 0.771. The summed E-state index contributed by atoms with van der Waals surface area (Å²) >= 11 is 1.54.